The minimum Gasteiger partial charge on any atom is -0.459 e. The molecule has 2 aliphatic heterocycles. The van der Waals surface area contributed by atoms with Crippen LogP contribution in [0.1, 0.15) is 86.6 Å². The largest absolute Gasteiger partial charge is 0.459 e. The quantitative estimate of drug-likeness (QED) is 0.200. The lowest BCUT2D eigenvalue weighted by Crippen LogP contribution is -2.59. The van der Waals surface area contributed by atoms with Crippen molar-refractivity contribution in [2.24, 2.45) is 23.7 Å². The monoisotopic (exact) mass is 671 g/mol. The number of hydrogen-bond donors (Lipinski definition) is 2. The molecule has 270 valence electrons. The number of allylic oxidation sites excluding steroid dienone is 2. The van der Waals surface area contributed by atoms with Gasteiger partial charge in [0.05, 0.1) is 17.8 Å². The van der Waals surface area contributed by atoms with Crippen LogP contribution in [-0.4, -0.2) is 96.0 Å². The Balaban J connectivity index is 2.09. The van der Waals surface area contributed by atoms with Gasteiger partial charge in [0.15, 0.2) is 12.1 Å². The Labute approximate surface area is 288 Å². The molecule has 2 heterocycles. The van der Waals surface area contributed by atoms with Crippen molar-refractivity contribution in [1.29, 1.82) is 0 Å². The minimum atomic E-state index is -1.42. The van der Waals surface area contributed by atoms with Gasteiger partial charge in [-0.15, -0.1) is 0 Å². The van der Waals surface area contributed by atoms with Crippen molar-refractivity contribution >= 4 is 17.8 Å². The lowest BCUT2D eigenvalue weighted by atomic mass is 9.74. The van der Waals surface area contributed by atoms with E-state index in [1.54, 1.807) is 27.9 Å². The fraction of sp³-hybridized carbons (Fsp3) is 0.692. The number of rotatable bonds is 8. The number of Topliss-reactive ketones (excluding diaryl/α,β-unsaturated/α-hetero) is 1. The number of aliphatic hydroxyl groups excluding tert-OH is 1. The van der Waals surface area contributed by atoms with Crippen LogP contribution in [0, 0.1) is 23.7 Å². The summed E-state index contributed by atoms with van der Waals surface area (Å²) in [7, 11) is 5.41. The molecule has 48 heavy (non-hydrogen) atoms. The molecular weight excluding hydrogens is 610 g/mol. The summed E-state index contributed by atoms with van der Waals surface area (Å²) < 4.78 is 25.0. The molecule has 1 aromatic rings. The van der Waals surface area contributed by atoms with Crippen LogP contribution in [0.15, 0.2) is 48.1 Å². The Morgan fingerprint density at radius 3 is 2.31 bits per heavy atom. The lowest BCUT2D eigenvalue weighted by Gasteiger charge is -2.47. The van der Waals surface area contributed by atoms with Crippen LogP contribution in [0.5, 0.6) is 0 Å². The zero-order chi connectivity index (χ0) is 36.0. The number of aliphatic hydroxyl groups is 2. The van der Waals surface area contributed by atoms with E-state index in [4.69, 9.17) is 18.9 Å². The Hall–Kier alpha value is -2.40. The molecule has 2 N–H and O–H groups in total. The van der Waals surface area contributed by atoms with Crippen molar-refractivity contribution in [2.75, 3.05) is 21.2 Å². The number of hydrogen-bond acceptors (Lipinski definition) is 9. The van der Waals surface area contributed by atoms with E-state index in [9.17, 15) is 19.8 Å². The molecule has 0 aromatic heterocycles. The first-order valence-corrected chi connectivity index (χ1v) is 17.5. The first kappa shape index (κ1) is 40.0. The highest BCUT2D eigenvalue weighted by molar-refractivity contribution is 6.00. The average molecular weight is 672 g/mol. The number of carbonyl (C=O) groups excluding carboxylic acids is 2. The summed E-state index contributed by atoms with van der Waals surface area (Å²) in [6, 6.07) is 9.76. The molecule has 1 fully saturated rings. The summed E-state index contributed by atoms with van der Waals surface area (Å²) in [5, 5.41) is 23.5. The highest BCUT2D eigenvalue weighted by Gasteiger charge is 2.49. The number of methoxy groups -OCH3 is 1. The molecule has 9 heteroatoms. The SMILES string of the molecule is CC[C@H]1OC(=O)C(C)C(=O)[C@H](C)[C@@H](O[C@@H]2O[C@H](C)C[C@H](N(C)C)[C@H]2O)[C@](C)(OC)C[C@@H](C)/C=C(/C)[C@@H](C/C=C/c2ccccc2)[C@]1(C)O. The highest BCUT2D eigenvalue weighted by atomic mass is 16.7. The number of carbonyl (C=O) groups is 2. The van der Waals surface area contributed by atoms with Crippen LogP contribution in [0.25, 0.3) is 6.08 Å². The van der Waals surface area contributed by atoms with Crippen molar-refractivity contribution in [1.82, 2.24) is 4.90 Å². The van der Waals surface area contributed by atoms with Crippen molar-refractivity contribution in [3.8, 4) is 0 Å². The lowest BCUT2D eigenvalue weighted by molar-refractivity contribution is -0.295. The topological polar surface area (TPSA) is 115 Å². The van der Waals surface area contributed by atoms with Gasteiger partial charge in [0.2, 0.25) is 0 Å². The zero-order valence-corrected chi connectivity index (χ0v) is 31.0. The molecule has 1 aromatic carbocycles. The van der Waals surface area contributed by atoms with Crippen LogP contribution in [0.3, 0.4) is 0 Å². The summed E-state index contributed by atoms with van der Waals surface area (Å²) in [6.07, 6.45) is 4.29. The van der Waals surface area contributed by atoms with E-state index >= 15 is 0 Å². The molecule has 12 atom stereocenters. The van der Waals surface area contributed by atoms with Gasteiger partial charge in [-0.1, -0.05) is 74.9 Å². The Kier molecular flexibility index (Phi) is 14.2. The molecule has 0 spiro atoms. The van der Waals surface area contributed by atoms with Crippen LogP contribution < -0.4 is 0 Å². The van der Waals surface area contributed by atoms with Crippen LogP contribution in [0.2, 0.25) is 0 Å². The van der Waals surface area contributed by atoms with Gasteiger partial charge < -0.3 is 34.1 Å². The standard InChI is InChI=1S/C39H61NO8/c1-12-32-39(8,44)30(20-16-19-29-17-14-13-15-18-29)25(3)21-24(2)23-38(7,45-11)35(27(5)33(41)28(6)36(43)47-32)48-37-34(42)31(40(9)10)22-26(4)46-37/h13-19,21,24,26-28,30-32,34-35,37,42,44H,12,20,22-23H2,1-11H3/b19-16+,25-21-/t24-,26+,27-,28?,30+,31-,32+,34+,35+,37-,38+,39-/m0/s1. The Bertz CT molecular complexity index is 1260. The number of cyclic esters (lactones) is 1. The molecule has 0 radical (unpaired) electrons. The normalized spacial score (nSPS) is 40.3. The summed E-state index contributed by atoms with van der Waals surface area (Å²) in [5.74, 6) is -3.46. The molecule has 0 aliphatic carbocycles. The third-order valence-electron chi connectivity index (χ3n) is 10.6. The fourth-order valence-electron chi connectivity index (χ4n) is 7.70. The van der Waals surface area contributed by atoms with Crippen molar-refractivity contribution in [3.63, 3.8) is 0 Å². The average Bonchev–Trinajstić information content (AvgIpc) is 3.03. The third kappa shape index (κ3) is 9.43. The van der Waals surface area contributed by atoms with Crippen molar-refractivity contribution in [3.05, 3.63) is 53.6 Å². The maximum atomic E-state index is 14.1. The molecule has 0 bridgehead atoms. The molecule has 0 amide bonds. The van der Waals surface area contributed by atoms with Gasteiger partial charge in [0, 0.05) is 25.0 Å². The van der Waals surface area contributed by atoms with Crippen molar-refractivity contribution < 1.29 is 38.7 Å². The van der Waals surface area contributed by atoms with E-state index in [2.05, 4.69) is 13.0 Å². The van der Waals surface area contributed by atoms with Gasteiger partial charge in [-0.3, -0.25) is 9.59 Å². The molecule has 1 unspecified atom stereocenters. The number of likely N-dealkylation sites (N-methyl/N-ethyl adjacent to an activating group) is 1. The second kappa shape index (κ2) is 17.0. The van der Waals surface area contributed by atoms with Gasteiger partial charge >= 0.3 is 5.97 Å². The summed E-state index contributed by atoms with van der Waals surface area (Å²) >= 11 is 0. The predicted octanol–water partition coefficient (Wildman–Crippen LogP) is 5.82. The zero-order valence-electron chi connectivity index (χ0n) is 31.0. The predicted molar refractivity (Wildman–Crippen MR) is 188 cm³/mol. The van der Waals surface area contributed by atoms with Gasteiger partial charge in [-0.25, -0.2) is 0 Å². The molecular formula is C39H61NO8. The van der Waals surface area contributed by atoms with Gasteiger partial charge in [-0.05, 0) is 85.9 Å². The van der Waals surface area contributed by atoms with E-state index in [1.165, 1.54) is 0 Å². The molecule has 3 rings (SSSR count). The number of esters is 1. The molecule has 2 aliphatic rings. The van der Waals surface area contributed by atoms with E-state index in [0.29, 0.717) is 25.7 Å². The van der Waals surface area contributed by atoms with E-state index in [-0.39, 0.29) is 29.8 Å². The highest BCUT2D eigenvalue weighted by Crippen LogP contribution is 2.39. The van der Waals surface area contributed by atoms with Gasteiger partial charge in [0.1, 0.15) is 23.7 Å². The van der Waals surface area contributed by atoms with Gasteiger partial charge in [-0.2, -0.15) is 0 Å². The maximum Gasteiger partial charge on any atom is 0.316 e. The maximum absolute atomic E-state index is 14.1. The van der Waals surface area contributed by atoms with Gasteiger partial charge in [0.25, 0.3) is 0 Å². The van der Waals surface area contributed by atoms with E-state index < -0.39 is 53.6 Å². The minimum absolute atomic E-state index is 0.0617. The number of ketones is 1. The Morgan fingerprint density at radius 2 is 1.73 bits per heavy atom. The third-order valence-corrected chi connectivity index (χ3v) is 10.6. The number of benzene rings is 1. The van der Waals surface area contributed by atoms with Crippen LogP contribution in [-0.2, 0) is 28.5 Å². The summed E-state index contributed by atoms with van der Waals surface area (Å²) in [4.78, 5) is 29.7. The van der Waals surface area contributed by atoms with Crippen LogP contribution in [0.4, 0.5) is 0 Å². The molecule has 1 saturated heterocycles. The summed E-state index contributed by atoms with van der Waals surface area (Å²) in [6.45, 7) is 14.8. The molecule has 9 nitrogen and oxygen atoms in total. The van der Waals surface area contributed by atoms with E-state index in [0.717, 1.165) is 11.1 Å². The van der Waals surface area contributed by atoms with E-state index in [1.807, 2.05) is 89.2 Å². The first-order chi connectivity index (χ1) is 22.5. The Morgan fingerprint density at radius 1 is 1.08 bits per heavy atom. The van der Waals surface area contributed by atoms with Crippen LogP contribution >= 0.6 is 0 Å². The second-order valence-electron chi connectivity index (χ2n) is 14.8. The smallest absolute Gasteiger partial charge is 0.316 e. The first-order valence-electron chi connectivity index (χ1n) is 17.5. The number of nitrogens with zero attached hydrogens (tertiary/aromatic N) is 1. The number of ether oxygens (including phenoxy) is 4. The summed E-state index contributed by atoms with van der Waals surface area (Å²) in [5.41, 5.74) is -0.436. The molecule has 0 saturated carbocycles. The second-order valence-corrected chi connectivity index (χ2v) is 14.8. The van der Waals surface area contributed by atoms with Crippen molar-refractivity contribution in [2.45, 2.75) is 129 Å². The fourth-order valence-corrected chi connectivity index (χ4v) is 7.70.